The summed E-state index contributed by atoms with van der Waals surface area (Å²) in [6, 6.07) is 2.88. The lowest BCUT2D eigenvalue weighted by molar-refractivity contribution is -0.131. The number of hydrogen-bond donors (Lipinski definition) is 0. The summed E-state index contributed by atoms with van der Waals surface area (Å²) in [4.78, 5) is 24.9. The van der Waals surface area contributed by atoms with Gasteiger partial charge >= 0.3 is 0 Å². The van der Waals surface area contributed by atoms with E-state index < -0.39 is 0 Å². The summed E-state index contributed by atoms with van der Waals surface area (Å²) in [5, 5.41) is 0.451. The van der Waals surface area contributed by atoms with Crippen LogP contribution in [0.25, 0.3) is 0 Å². The first-order valence-corrected chi connectivity index (χ1v) is 5.60. The van der Waals surface area contributed by atoms with Crippen LogP contribution in [0.4, 0.5) is 0 Å². The number of halogens is 1. The molecule has 0 fully saturated rings. The van der Waals surface area contributed by atoms with Gasteiger partial charge in [0.25, 0.3) is 5.56 Å². The fourth-order valence-electron chi connectivity index (χ4n) is 1.45. The monoisotopic (exact) mass is 242 g/mol. The number of rotatable bonds is 4. The molecule has 0 aliphatic heterocycles. The van der Waals surface area contributed by atoms with E-state index in [9.17, 15) is 9.59 Å². The number of likely N-dealkylation sites (N-methyl/N-ethyl adjacent to an activating group) is 1. The molecule has 0 radical (unpaired) electrons. The van der Waals surface area contributed by atoms with E-state index in [2.05, 4.69) is 0 Å². The second-order valence-electron chi connectivity index (χ2n) is 3.38. The van der Waals surface area contributed by atoms with Crippen LogP contribution in [0.2, 0.25) is 5.02 Å². The van der Waals surface area contributed by atoms with Gasteiger partial charge < -0.3 is 9.47 Å². The Bertz CT molecular complexity index is 424. The first-order chi connectivity index (χ1) is 7.58. The van der Waals surface area contributed by atoms with Crippen molar-refractivity contribution >= 4 is 17.5 Å². The Hall–Kier alpha value is -1.29. The minimum absolute atomic E-state index is 0.0427. The molecule has 1 amide bonds. The number of hydrogen-bond acceptors (Lipinski definition) is 2. The molecule has 1 heterocycles. The molecule has 0 aliphatic carbocycles. The third kappa shape index (κ3) is 3.10. The van der Waals surface area contributed by atoms with E-state index in [4.69, 9.17) is 11.6 Å². The molecule has 0 aromatic carbocycles. The van der Waals surface area contributed by atoms with Crippen molar-refractivity contribution in [2.45, 2.75) is 20.4 Å². The Morgan fingerprint density at radius 3 is 2.56 bits per heavy atom. The van der Waals surface area contributed by atoms with Crippen molar-refractivity contribution in [3.63, 3.8) is 0 Å². The average molecular weight is 243 g/mol. The predicted molar refractivity (Wildman–Crippen MR) is 63.6 cm³/mol. The zero-order valence-corrected chi connectivity index (χ0v) is 10.2. The molecule has 16 heavy (non-hydrogen) atoms. The van der Waals surface area contributed by atoms with Crippen molar-refractivity contribution in [2.75, 3.05) is 13.1 Å². The van der Waals surface area contributed by atoms with Gasteiger partial charge in [0, 0.05) is 25.4 Å². The van der Waals surface area contributed by atoms with Crippen LogP contribution in [0.1, 0.15) is 13.8 Å². The second-order valence-corrected chi connectivity index (χ2v) is 3.82. The summed E-state index contributed by atoms with van der Waals surface area (Å²) < 4.78 is 1.32. The van der Waals surface area contributed by atoms with Gasteiger partial charge in [-0.2, -0.15) is 0 Å². The smallest absolute Gasteiger partial charge is 0.251 e. The van der Waals surface area contributed by atoms with Gasteiger partial charge in [0.1, 0.15) is 6.54 Å². The fourth-order valence-corrected chi connectivity index (χ4v) is 1.63. The Balaban J connectivity index is 2.84. The topological polar surface area (TPSA) is 42.3 Å². The summed E-state index contributed by atoms with van der Waals surface area (Å²) in [6.07, 6.45) is 1.48. The molecule has 0 atom stereocenters. The van der Waals surface area contributed by atoms with Crippen molar-refractivity contribution in [3.05, 3.63) is 33.7 Å². The highest BCUT2D eigenvalue weighted by Crippen LogP contribution is 2.03. The lowest BCUT2D eigenvalue weighted by atomic mass is 10.4. The molecular formula is C11H15ClN2O2. The molecule has 1 aromatic rings. The molecular weight excluding hydrogens is 228 g/mol. The van der Waals surface area contributed by atoms with Crippen molar-refractivity contribution in [2.24, 2.45) is 0 Å². The van der Waals surface area contributed by atoms with E-state index in [0.717, 1.165) is 0 Å². The summed E-state index contributed by atoms with van der Waals surface area (Å²) in [5.74, 6) is -0.0747. The first-order valence-electron chi connectivity index (χ1n) is 5.22. The quantitative estimate of drug-likeness (QED) is 0.800. The van der Waals surface area contributed by atoms with E-state index in [-0.39, 0.29) is 18.0 Å². The zero-order valence-electron chi connectivity index (χ0n) is 9.44. The van der Waals surface area contributed by atoms with Gasteiger partial charge in [-0.1, -0.05) is 11.6 Å². The third-order valence-electron chi connectivity index (χ3n) is 2.37. The highest BCUT2D eigenvalue weighted by molar-refractivity contribution is 6.30. The fraction of sp³-hybridized carbons (Fsp3) is 0.455. The van der Waals surface area contributed by atoms with Crippen LogP contribution in [0.3, 0.4) is 0 Å². The lowest BCUT2D eigenvalue weighted by Crippen LogP contribution is -2.35. The molecule has 0 spiro atoms. The van der Waals surface area contributed by atoms with Crippen LogP contribution in [0.5, 0.6) is 0 Å². The molecule has 1 aromatic heterocycles. The minimum Gasteiger partial charge on any atom is -0.342 e. The number of carbonyl (C=O) groups is 1. The lowest BCUT2D eigenvalue weighted by Gasteiger charge is -2.19. The Labute approximate surface area is 99.4 Å². The van der Waals surface area contributed by atoms with Crippen LogP contribution < -0.4 is 5.56 Å². The predicted octanol–water partition coefficient (Wildman–Crippen LogP) is 1.37. The van der Waals surface area contributed by atoms with E-state index in [1.54, 1.807) is 4.90 Å². The maximum Gasteiger partial charge on any atom is 0.251 e. The van der Waals surface area contributed by atoms with Crippen molar-refractivity contribution in [1.82, 2.24) is 9.47 Å². The van der Waals surface area contributed by atoms with Gasteiger partial charge in [-0.3, -0.25) is 9.59 Å². The number of carbonyl (C=O) groups excluding carboxylic acids is 1. The molecule has 88 valence electrons. The first kappa shape index (κ1) is 12.8. The molecule has 1 rings (SSSR count). The number of nitrogens with zero attached hydrogens (tertiary/aromatic N) is 2. The molecule has 0 bridgehead atoms. The summed E-state index contributed by atoms with van der Waals surface area (Å²) in [5.41, 5.74) is -0.218. The molecule has 0 saturated carbocycles. The normalized spacial score (nSPS) is 10.2. The van der Waals surface area contributed by atoms with Gasteiger partial charge in [-0.05, 0) is 19.9 Å². The van der Waals surface area contributed by atoms with Gasteiger partial charge in [0.2, 0.25) is 5.91 Å². The maximum atomic E-state index is 11.8. The maximum absolute atomic E-state index is 11.8. The van der Waals surface area contributed by atoms with Crippen LogP contribution in [-0.4, -0.2) is 28.5 Å². The Morgan fingerprint density at radius 1 is 1.38 bits per heavy atom. The Morgan fingerprint density at radius 2 is 2.00 bits per heavy atom. The highest BCUT2D eigenvalue weighted by Gasteiger charge is 2.10. The zero-order chi connectivity index (χ0) is 12.1. The van der Waals surface area contributed by atoms with Crippen LogP contribution >= 0.6 is 11.6 Å². The molecule has 0 N–H and O–H groups in total. The van der Waals surface area contributed by atoms with Crippen LogP contribution in [-0.2, 0) is 11.3 Å². The third-order valence-corrected chi connectivity index (χ3v) is 2.59. The van der Waals surface area contributed by atoms with Crippen LogP contribution in [0, 0.1) is 0 Å². The Kier molecular flexibility index (Phi) is 4.55. The standard InChI is InChI=1S/C11H15ClN2O2/c1-3-13(4-2)11(16)8-14-7-9(12)5-6-10(14)15/h5-7H,3-4,8H2,1-2H3. The number of aromatic nitrogens is 1. The largest absolute Gasteiger partial charge is 0.342 e. The summed E-state index contributed by atoms with van der Waals surface area (Å²) >= 11 is 5.76. The van der Waals surface area contributed by atoms with Crippen LogP contribution in [0.15, 0.2) is 23.1 Å². The summed E-state index contributed by atoms with van der Waals surface area (Å²) in [6.45, 7) is 5.14. The van der Waals surface area contributed by atoms with E-state index in [1.165, 1.54) is 22.9 Å². The van der Waals surface area contributed by atoms with Crippen molar-refractivity contribution in [3.8, 4) is 0 Å². The van der Waals surface area contributed by atoms with E-state index >= 15 is 0 Å². The van der Waals surface area contributed by atoms with Gasteiger partial charge in [-0.25, -0.2) is 0 Å². The minimum atomic E-state index is -0.218. The van der Waals surface area contributed by atoms with Crippen molar-refractivity contribution < 1.29 is 4.79 Å². The van der Waals surface area contributed by atoms with Gasteiger partial charge in [-0.15, -0.1) is 0 Å². The number of amides is 1. The molecule has 0 aliphatic rings. The highest BCUT2D eigenvalue weighted by atomic mass is 35.5. The number of pyridine rings is 1. The molecule has 0 unspecified atom stereocenters. The SMILES string of the molecule is CCN(CC)C(=O)Cn1cc(Cl)ccc1=O. The summed E-state index contributed by atoms with van der Waals surface area (Å²) in [7, 11) is 0. The van der Waals surface area contributed by atoms with Gasteiger partial charge in [0.15, 0.2) is 0 Å². The molecule has 0 saturated heterocycles. The van der Waals surface area contributed by atoms with Crippen molar-refractivity contribution in [1.29, 1.82) is 0 Å². The molecule has 4 nitrogen and oxygen atoms in total. The average Bonchev–Trinajstić information content (AvgIpc) is 2.25. The van der Waals surface area contributed by atoms with Gasteiger partial charge in [0.05, 0.1) is 5.02 Å². The second kappa shape index (κ2) is 5.70. The van der Waals surface area contributed by atoms with E-state index in [0.29, 0.717) is 18.1 Å². The molecule has 5 heteroatoms. The van der Waals surface area contributed by atoms with E-state index in [1.807, 2.05) is 13.8 Å².